The summed E-state index contributed by atoms with van der Waals surface area (Å²) >= 11 is 0. The van der Waals surface area contributed by atoms with Crippen LogP contribution >= 0.6 is 0 Å². The van der Waals surface area contributed by atoms with Crippen LogP contribution < -0.4 is 5.32 Å². The Kier molecular flexibility index (Phi) is 3.48. The lowest BCUT2D eigenvalue weighted by Gasteiger charge is -2.37. The lowest BCUT2D eigenvalue weighted by atomic mass is 9.87. The van der Waals surface area contributed by atoms with Gasteiger partial charge in [-0.25, -0.2) is 0 Å². The highest BCUT2D eigenvalue weighted by molar-refractivity contribution is 6.11. The molecule has 2 saturated heterocycles. The molecule has 3 aliphatic rings. The van der Waals surface area contributed by atoms with E-state index in [1.165, 1.54) is 18.4 Å². The van der Waals surface area contributed by atoms with E-state index in [0.717, 1.165) is 25.7 Å². The average molecular weight is 296 g/mol. The normalized spacial score (nSPS) is 39.9. The minimum Gasteiger partial charge on any atom is -0.371 e. The van der Waals surface area contributed by atoms with Gasteiger partial charge >= 0.3 is 0 Å². The topological polar surface area (TPSA) is 67.9 Å². The van der Waals surface area contributed by atoms with Crippen molar-refractivity contribution in [3.63, 3.8) is 0 Å². The molecular weight excluding hydrogens is 272 g/mol. The van der Waals surface area contributed by atoms with Crippen molar-refractivity contribution in [1.82, 2.24) is 10.2 Å². The lowest BCUT2D eigenvalue weighted by Crippen LogP contribution is -2.62. The molecule has 0 aromatic carbocycles. The molecule has 2 bridgehead atoms. The van der Waals surface area contributed by atoms with Crippen molar-refractivity contribution in [1.29, 1.82) is 0 Å². The van der Waals surface area contributed by atoms with Crippen LogP contribution in [-0.4, -0.2) is 54.3 Å². The summed E-state index contributed by atoms with van der Waals surface area (Å²) in [6, 6.07) is 0. The highest BCUT2D eigenvalue weighted by Gasteiger charge is 2.72. The number of piperidine rings is 1. The molecule has 3 fully saturated rings. The molecule has 1 aliphatic carbocycles. The van der Waals surface area contributed by atoms with Crippen LogP contribution in [0.2, 0.25) is 0 Å². The van der Waals surface area contributed by atoms with E-state index in [-0.39, 0.29) is 12.0 Å². The molecule has 6 nitrogen and oxygen atoms in total. The number of likely N-dealkylation sites (tertiary alicyclic amines) is 1. The van der Waals surface area contributed by atoms with Gasteiger partial charge in [-0.1, -0.05) is 19.3 Å². The Morgan fingerprint density at radius 2 is 2.05 bits per heavy atom. The predicted octanol–water partition coefficient (Wildman–Crippen LogP) is 0.798. The molecule has 1 N–H and O–H groups in total. The van der Waals surface area contributed by atoms with Gasteiger partial charge in [-0.3, -0.25) is 9.59 Å². The highest BCUT2D eigenvalue weighted by Crippen LogP contribution is 2.50. The first-order chi connectivity index (χ1) is 9.94. The monoisotopic (exact) mass is 296 g/mol. The van der Waals surface area contributed by atoms with Gasteiger partial charge in [-0.05, 0) is 19.8 Å². The maximum Gasteiger partial charge on any atom is 0.269 e. The van der Waals surface area contributed by atoms with Crippen LogP contribution in [0, 0.1) is 0 Å². The second-order valence-electron chi connectivity index (χ2n) is 6.54. The maximum absolute atomic E-state index is 12.6. The first-order valence-electron chi connectivity index (χ1n) is 7.80. The summed E-state index contributed by atoms with van der Waals surface area (Å²) in [5, 5.41) is 2.57. The number of likely N-dealkylation sites (N-methyl/N-ethyl adjacent to an activating group) is 2. The zero-order valence-corrected chi connectivity index (χ0v) is 13.0. The Bertz CT molecular complexity index is 463. The molecule has 6 heteroatoms. The number of ether oxygens (including phenoxy) is 2. The van der Waals surface area contributed by atoms with Crippen molar-refractivity contribution in [2.24, 2.45) is 0 Å². The van der Waals surface area contributed by atoms with Crippen LogP contribution in [0.15, 0.2) is 0 Å². The molecular formula is C15H24N2O4. The third-order valence-electron chi connectivity index (χ3n) is 5.20. The number of carbonyl (C=O) groups excluding carboxylic acids is 2. The van der Waals surface area contributed by atoms with Gasteiger partial charge in [-0.15, -0.1) is 0 Å². The van der Waals surface area contributed by atoms with Crippen molar-refractivity contribution in [2.45, 2.75) is 69.0 Å². The summed E-state index contributed by atoms with van der Waals surface area (Å²) in [6.07, 6.45) is 5.72. The number of carbonyl (C=O) groups is 2. The van der Waals surface area contributed by atoms with E-state index in [2.05, 4.69) is 5.32 Å². The largest absolute Gasteiger partial charge is 0.371 e. The van der Waals surface area contributed by atoms with E-state index in [9.17, 15) is 9.59 Å². The quantitative estimate of drug-likeness (QED) is 0.782. The molecule has 0 radical (unpaired) electrons. The van der Waals surface area contributed by atoms with Crippen LogP contribution in [0.5, 0.6) is 0 Å². The Labute approximate surface area is 125 Å². The summed E-state index contributed by atoms with van der Waals surface area (Å²) in [5.41, 5.74) is -2.25. The third-order valence-corrected chi connectivity index (χ3v) is 5.20. The maximum atomic E-state index is 12.6. The van der Waals surface area contributed by atoms with Crippen molar-refractivity contribution < 1.29 is 19.1 Å². The van der Waals surface area contributed by atoms with Gasteiger partial charge in [0, 0.05) is 20.5 Å². The first-order valence-corrected chi connectivity index (χ1v) is 7.80. The molecule has 2 aliphatic heterocycles. The van der Waals surface area contributed by atoms with E-state index in [4.69, 9.17) is 9.47 Å². The summed E-state index contributed by atoms with van der Waals surface area (Å²) in [7, 11) is 3.21. The zero-order valence-electron chi connectivity index (χ0n) is 13.0. The predicted molar refractivity (Wildman–Crippen MR) is 75.4 cm³/mol. The number of nitrogens with zero attached hydrogens (tertiary/aromatic N) is 1. The van der Waals surface area contributed by atoms with Crippen LogP contribution in [-0.2, 0) is 19.1 Å². The number of amides is 2. The Balaban J connectivity index is 1.86. The van der Waals surface area contributed by atoms with Crippen LogP contribution in [0.1, 0.15) is 45.4 Å². The summed E-state index contributed by atoms with van der Waals surface area (Å²) in [4.78, 5) is 26.5. The molecule has 0 aromatic rings. The summed E-state index contributed by atoms with van der Waals surface area (Å²) in [5.74, 6) is -0.696. The van der Waals surface area contributed by atoms with Crippen LogP contribution in [0.25, 0.3) is 0 Å². The zero-order chi connectivity index (χ0) is 15.3. The van der Waals surface area contributed by atoms with Gasteiger partial charge in [-0.2, -0.15) is 0 Å². The van der Waals surface area contributed by atoms with Gasteiger partial charge in [0.2, 0.25) is 0 Å². The minimum atomic E-state index is -1.50. The van der Waals surface area contributed by atoms with Crippen LogP contribution in [0.4, 0.5) is 0 Å². The molecule has 118 valence electrons. The fraction of sp³-hybridized carbons (Fsp3) is 0.867. The second kappa shape index (κ2) is 4.95. The molecule has 2 amide bonds. The Morgan fingerprint density at radius 1 is 1.38 bits per heavy atom. The van der Waals surface area contributed by atoms with Gasteiger partial charge in [0.15, 0.2) is 0 Å². The first kappa shape index (κ1) is 14.8. The molecule has 2 heterocycles. The number of nitrogens with one attached hydrogen (secondary N) is 1. The third kappa shape index (κ3) is 1.99. The minimum absolute atomic E-state index is 0.134. The van der Waals surface area contributed by atoms with Crippen molar-refractivity contribution in [3.05, 3.63) is 0 Å². The number of hydrogen-bond donors (Lipinski definition) is 1. The number of fused-ring (bicyclic) bond motifs is 2. The summed E-state index contributed by atoms with van der Waals surface area (Å²) < 4.78 is 12.1. The van der Waals surface area contributed by atoms with E-state index < -0.39 is 23.3 Å². The molecule has 1 saturated carbocycles. The molecule has 0 unspecified atom stereocenters. The van der Waals surface area contributed by atoms with Gasteiger partial charge in [0.1, 0.15) is 11.8 Å². The summed E-state index contributed by atoms with van der Waals surface area (Å²) in [6.45, 7) is 1.85. The Morgan fingerprint density at radius 3 is 2.62 bits per heavy atom. The second-order valence-corrected chi connectivity index (χ2v) is 6.54. The lowest BCUT2D eigenvalue weighted by molar-refractivity contribution is -0.166. The van der Waals surface area contributed by atoms with Crippen LogP contribution in [0.3, 0.4) is 0 Å². The molecule has 0 aromatic heterocycles. The van der Waals surface area contributed by atoms with E-state index in [1.54, 1.807) is 7.05 Å². The number of hydrogen-bond acceptors (Lipinski definition) is 4. The smallest absolute Gasteiger partial charge is 0.269 e. The van der Waals surface area contributed by atoms with Crippen molar-refractivity contribution in [3.8, 4) is 0 Å². The SMILES string of the molecule is CNC(=O)[C@]12O[C@](C)(C[C@H]1OC1CCCCC1)N(C)C2=O. The molecule has 0 spiro atoms. The van der Waals surface area contributed by atoms with Gasteiger partial charge in [0.05, 0.1) is 6.10 Å². The fourth-order valence-corrected chi connectivity index (χ4v) is 3.85. The standard InChI is InChI=1S/C15H24N2O4/c1-14-9-11(20-10-7-5-4-6-8-10)15(21-14,12(18)16-2)13(19)17(14)3/h10-11H,4-9H2,1-3H3,(H,16,18)/t11-,14-,15-/m1/s1. The molecule has 3 rings (SSSR count). The van der Waals surface area contributed by atoms with Gasteiger partial charge in [0.25, 0.3) is 17.4 Å². The van der Waals surface area contributed by atoms with E-state index in [1.807, 2.05) is 6.92 Å². The van der Waals surface area contributed by atoms with E-state index >= 15 is 0 Å². The van der Waals surface area contributed by atoms with Crippen molar-refractivity contribution >= 4 is 11.8 Å². The molecule has 21 heavy (non-hydrogen) atoms. The van der Waals surface area contributed by atoms with E-state index in [0.29, 0.717) is 6.42 Å². The highest BCUT2D eigenvalue weighted by atomic mass is 16.6. The fourth-order valence-electron chi connectivity index (χ4n) is 3.85. The molecule has 3 atom stereocenters. The average Bonchev–Trinajstić information content (AvgIpc) is 2.89. The number of rotatable bonds is 3. The van der Waals surface area contributed by atoms with Gasteiger partial charge < -0.3 is 19.7 Å². The Hall–Kier alpha value is -1.14. The van der Waals surface area contributed by atoms with Crippen molar-refractivity contribution in [2.75, 3.05) is 14.1 Å².